The third-order valence-corrected chi connectivity index (χ3v) is 4.73. The van der Waals surface area contributed by atoms with Crippen LogP contribution in [0.3, 0.4) is 0 Å². The molecule has 0 bridgehead atoms. The number of nitrogens with zero attached hydrogens (tertiary/aromatic N) is 1. The molecule has 1 saturated carbocycles. The fraction of sp³-hybridized carbons (Fsp3) is 1.00. The van der Waals surface area contributed by atoms with E-state index >= 15 is 0 Å². The average Bonchev–Trinajstić information content (AvgIpc) is 1.93. The zero-order chi connectivity index (χ0) is 10.1. The molecule has 2 N–H and O–H groups in total. The van der Waals surface area contributed by atoms with Gasteiger partial charge >= 0.3 is 0 Å². The minimum atomic E-state index is -3.43. The topological polar surface area (TPSA) is 63.4 Å². The fourth-order valence-electron chi connectivity index (χ4n) is 2.06. The number of sulfonamides is 1. The predicted molar refractivity (Wildman–Crippen MR) is 52.6 cm³/mol. The maximum atomic E-state index is 11.4. The van der Waals surface area contributed by atoms with Gasteiger partial charge in [0.25, 0.3) is 0 Å². The van der Waals surface area contributed by atoms with E-state index in [0.717, 1.165) is 19.5 Å². The van der Waals surface area contributed by atoms with Crippen LogP contribution in [-0.2, 0) is 10.0 Å². The second-order valence-electron chi connectivity index (χ2n) is 3.52. The van der Waals surface area contributed by atoms with Gasteiger partial charge in [0.05, 0.1) is 0 Å². The smallest absolute Gasteiger partial charge is 0.228 e. The highest BCUT2D eigenvalue weighted by Crippen LogP contribution is 2.40. The Kier molecular flexibility index (Phi) is 2.99. The maximum absolute atomic E-state index is 11.4. The summed E-state index contributed by atoms with van der Waals surface area (Å²) in [6.45, 7) is 5.42. The Balaban J connectivity index is 2.93. The summed E-state index contributed by atoms with van der Waals surface area (Å²) in [5.41, 5.74) is 0. The standard InChI is InChI=1S/C8H18N2O2S/c1-3-10(4-2)8(6-5-7-8)13(9,11)12/h3-7H2,1-2H3,(H2,9,11,12). The lowest BCUT2D eigenvalue weighted by molar-refractivity contribution is 0.0981. The molecular weight excluding hydrogens is 188 g/mol. The van der Waals surface area contributed by atoms with Gasteiger partial charge in [-0.2, -0.15) is 0 Å². The summed E-state index contributed by atoms with van der Waals surface area (Å²) < 4.78 is 22.9. The molecule has 1 fully saturated rings. The Morgan fingerprint density at radius 1 is 1.31 bits per heavy atom. The molecule has 0 heterocycles. The van der Waals surface area contributed by atoms with Gasteiger partial charge in [-0.1, -0.05) is 13.8 Å². The summed E-state index contributed by atoms with van der Waals surface area (Å²) in [7, 11) is -3.43. The van der Waals surface area contributed by atoms with Crippen LogP contribution < -0.4 is 5.14 Å². The first-order valence-electron chi connectivity index (χ1n) is 4.75. The Bertz CT molecular complexity index is 266. The van der Waals surface area contributed by atoms with E-state index < -0.39 is 14.9 Å². The van der Waals surface area contributed by atoms with E-state index in [4.69, 9.17) is 5.14 Å². The molecular formula is C8H18N2O2S. The number of primary sulfonamides is 1. The molecule has 78 valence electrons. The van der Waals surface area contributed by atoms with Crippen LogP contribution in [0.2, 0.25) is 0 Å². The highest BCUT2D eigenvalue weighted by atomic mass is 32.2. The third kappa shape index (κ3) is 1.60. The van der Waals surface area contributed by atoms with E-state index in [9.17, 15) is 8.42 Å². The fourth-order valence-corrected chi connectivity index (χ4v) is 3.54. The zero-order valence-electron chi connectivity index (χ0n) is 8.28. The first kappa shape index (κ1) is 10.9. The average molecular weight is 206 g/mol. The SMILES string of the molecule is CCN(CC)C1(S(N)(=O)=O)CCC1. The van der Waals surface area contributed by atoms with E-state index in [2.05, 4.69) is 0 Å². The molecule has 13 heavy (non-hydrogen) atoms. The molecule has 0 radical (unpaired) electrons. The van der Waals surface area contributed by atoms with Crippen molar-refractivity contribution in [3.63, 3.8) is 0 Å². The van der Waals surface area contributed by atoms with Gasteiger partial charge in [-0.25, -0.2) is 13.6 Å². The molecule has 0 aromatic rings. The number of hydrogen-bond donors (Lipinski definition) is 1. The highest BCUT2D eigenvalue weighted by molar-refractivity contribution is 7.90. The molecule has 0 unspecified atom stereocenters. The number of nitrogens with two attached hydrogens (primary N) is 1. The van der Waals surface area contributed by atoms with Crippen molar-refractivity contribution in [1.29, 1.82) is 0 Å². The summed E-state index contributed by atoms with van der Waals surface area (Å²) in [5, 5.41) is 5.26. The highest BCUT2D eigenvalue weighted by Gasteiger charge is 2.50. The van der Waals surface area contributed by atoms with Crippen LogP contribution in [0, 0.1) is 0 Å². The lowest BCUT2D eigenvalue weighted by atomic mass is 9.90. The number of rotatable bonds is 4. The van der Waals surface area contributed by atoms with Crippen LogP contribution in [0.5, 0.6) is 0 Å². The summed E-state index contributed by atoms with van der Waals surface area (Å²) in [6, 6.07) is 0. The van der Waals surface area contributed by atoms with Crippen molar-refractivity contribution in [2.45, 2.75) is 38.0 Å². The van der Waals surface area contributed by atoms with Gasteiger partial charge in [0, 0.05) is 0 Å². The maximum Gasteiger partial charge on any atom is 0.228 e. The van der Waals surface area contributed by atoms with Crippen LogP contribution in [0.1, 0.15) is 33.1 Å². The molecule has 0 aromatic heterocycles. The molecule has 0 saturated heterocycles. The normalized spacial score (nSPS) is 21.5. The van der Waals surface area contributed by atoms with Gasteiger partial charge in [-0.3, -0.25) is 4.90 Å². The van der Waals surface area contributed by atoms with Gasteiger partial charge < -0.3 is 0 Å². The van der Waals surface area contributed by atoms with Crippen LogP contribution >= 0.6 is 0 Å². The van der Waals surface area contributed by atoms with Crippen molar-refractivity contribution in [2.75, 3.05) is 13.1 Å². The van der Waals surface area contributed by atoms with Gasteiger partial charge in [0.15, 0.2) is 0 Å². The van der Waals surface area contributed by atoms with E-state index in [1.54, 1.807) is 0 Å². The van der Waals surface area contributed by atoms with Crippen LogP contribution in [0.15, 0.2) is 0 Å². The Morgan fingerprint density at radius 2 is 1.77 bits per heavy atom. The van der Waals surface area contributed by atoms with E-state index in [-0.39, 0.29) is 0 Å². The molecule has 5 heteroatoms. The van der Waals surface area contributed by atoms with Gasteiger partial charge in [-0.15, -0.1) is 0 Å². The molecule has 0 atom stereocenters. The molecule has 4 nitrogen and oxygen atoms in total. The molecule has 1 aliphatic rings. The largest absolute Gasteiger partial charge is 0.284 e. The zero-order valence-corrected chi connectivity index (χ0v) is 9.10. The summed E-state index contributed by atoms with van der Waals surface area (Å²) in [5.74, 6) is 0. The van der Waals surface area contributed by atoms with Crippen molar-refractivity contribution in [2.24, 2.45) is 5.14 Å². The molecule has 1 aliphatic carbocycles. The Labute approximate surface area is 80.1 Å². The van der Waals surface area contributed by atoms with Gasteiger partial charge in [0.1, 0.15) is 4.87 Å². The Morgan fingerprint density at radius 3 is 1.85 bits per heavy atom. The van der Waals surface area contributed by atoms with Crippen molar-refractivity contribution in [3.05, 3.63) is 0 Å². The first-order valence-corrected chi connectivity index (χ1v) is 6.30. The second-order valence-corrected chi connectivity index (χ2v) is 5.37. The lowest BCUT2D eigenvalue weighted by Gasteiger charge is -2.47. The molecule has 1 rings (SSSR count). The van der Waals surface area contributed by atoms with Crippen LogP contribution in [0.4, 0.5) is 0 Å². The molecule has 0 spiro atoms. The van der Waals surface area contributed by atoms with Gasteiger partial charge in [-0.05, 0) is 32.4 Å². The predicted octanol–water partition coefficient (Wildman–Crippen LogP) is 0.497. The van der Waals surface area contributed by atoms with E-state index in [0.29, 0.717) is 12.8 Å². The van der Waals surface area contributed by atoms with Crippen molar-refractivity contribution < 1.29 is 8.42 Å². The minimum Gasteiger partial charge on any atom is -0.284 e. The van der Waals surface area contributed by atoms with Crippen LogP contribution in [-0.4, -0.2) is 31.3 Å². The molecule has 0 amide bonds. The van der Waals surface area contributed by atoms with Crippen molar-refractivity contribution >= 4 is 10.0 Å². The summed E-state index contributed by atoms with van der Waals surface area (Å²) in [6.07, 6.45) is 2.34. The number of hydrogen-bond acceptors (Lipinski definition) is 3. The van der Waals surface area contributed by atoms with E-state index in [1.807, 2.05) is 18.7 Å². The van der Waals surface area contributed by atoms with Crippen molar-refractivity contribution in [1.82, 2.24) is 4.90 Å². The van der Waals surface area contributed by atoms with Crippen molar-refractivity contribution in [3.8, 4) is 0 Å². The summed E-state index contributed by atoms with van der Waals surface area (Å²) in [4.78, 5) is 1.21. The third-order valence-electron chi connectivity index (χ3n) is 3.00. The van der Waals surface area contributed by atoms with E-state index in [1.165, 1.54) is 0 Å². The molecule has 0 aromatic carbocycles. The van der Waals surface area contributed by atoms with Crippen LogP contribution in [0.25, 0.3) is 0 Å². The molecule has 0 aliphatic heterocycles. The quantitative estimate of drug-likeness (QED) is 0.728. The first-order chi connectivity index (χ1) is 5.98. The minimum absolute atomic E-state index is 0.688. The van der Waals surface area contributed by atoms with Gasteiger partial charge in [0.2, 0.25) is 10.0 Å². The monoisotopic (exact) mass is 206 g/mol. The summed E-state index contributed by atoms with van der Waals surface area (Å²) >= 11 is 0. The lowest BCUT2D eigenvalue weighted by Crippen LogP contribution is -2.61. The Hall–Kier alpha value is -0.130. The second kappa shape index (κ2) is 3.55.